The second-order valence-corrected chi connectivity index (χ2v) is 8.41. The van der Waals surface area contributed by atoms with Gasteiger partial charge in [0.05, 0.1) is 6.04 Å². The zero-order valence-corrected chi connectivity index (χ0v) is 15.9. The summed E-state index contributed by atoms with van der Waals surface area (Å²) in [5, 5.41) is 3.35. The molecule has 1 aliphatic heterocycles. The molecule has 0 spiro atoms. The third kappa shape index (κ3) is 3.03. The topological polar surface area (TPSA) is 67.2 Å². The third-order valence-corrected chi connectivity index (χ3v) is 6.93. The molecule has 4 rings (SSSR count). The average Bonchev–Trinajstić information content (AvgIpc) is 2.93. The number of imidazole rings is 1. The zero-order chi connectivity index (χ0) is 18.3. The Kier molecular flexibility index (Phi) is 4.76. The predicted octanol–water partition coefficient (Wildman–Crippen LogP) is 2.41. The molecular weight excluding hydrogens is 328 g/mol. The molecule has 2 amide bonds. The molecule has 3 fully saturated rings. The van der Waals surface area contributed by atoms with Gasteiger partial charge < -0.3 is 14.8 Å². The van der Waals surface area contributed by atoms with Gasteiger partial charge >= 0.3 is 0 Å². The standard InChI is InChI=1S/C20H30N4O2/c1-23-12-11-21-19(23)18-15(9-10-16(25)24(18)2)22-20(26)17(13-5-3-6-13)14-7-4-8-14/h11-15,17-18H,3-10H2,1-2H3,(H,22,26)/t15-,18-/m1/s1. The van der Waals surface area contributed by atoms with Gasteiger partial charge in [-0.25, -0.2) is 4.98 Å². The largest absolute Gasteiger partial charge is 0.351 e. The van der Waals surface area contributed by atoms with Gasteiger partial charge in [-0.1, -0.05) is 12.8 Å². The number of aromatic nitrogens is 2. The molecule has 2 aliphatic carbocycles. The number of likely N-dealkylation sites (N-methyl/N-ethyl adjacent to an activating group) is 1. The van der Waals surface area contributed by atoms with Gasteiger partial charge in [0.1, 0.15) is 11.9 Å². The van der Waals surface area contributed by atoms with E-state index in [2.05, 4.69) is 10.3 Å². The number of hydrogen-bond donors (Lipinski definition) is 1. The normalized spacial score (nSPS) is 27.3. The Morgan fingerprint density at radius 2 is 1.81 bits per heavy atom. The van der Waals surface area contributed by atoms with Crippen molar-refractivity contribution >= 4 is 11.8 Å². The van der Waals surface area contributed by atoms with Gasteiger partial charge in [-0.2, -0.15) is 0 Å². The van der Waals surface area contributed by atoms with E-state index in [0.29, 0.717) is 24.7 Å². The Bertz CT molecular complexity index is 663. The molecule has 3 aliphatic rings. The molecular formula is C20H30N4O2. The molecule has 1 saturated heterocycles. The lowest BCUT2D eigenvalue weighted by molar-refractivity contribution is -0.140. The van der Waals surface area contributed by atoms with E-state index in [0.717, 1.165) is 5.82 Å². The van der Waals surface area contributed by atoms with Crippen LogP contribution in [-0.4, -0.2) is 39.4 Å². The molecule has 0 bridgehead atoms. The highest BCUT2D eigenvalue weighted by molar-refractivity contribution is 5.81. The van der Waals surface area contributed by atoms with Crippen LogP contribution in [0.4, 0.5) is 0 Å². The summed E-state index contributed by atoms with van der Waals surface area (Å²) in [7, 11) is 3.77. The van der Waals surface area contributed by atoms with E-state index in [9.17, 15) is 9.59 Å². The maximum atomic E-state index is 13.2. The Hall–Kier alpha value is -1.85. The highest BCUT2D eigenvalue weighted by atomic mass is 16.2. The summed E-state index contributed by atoms with van der Waals surface area (Å²) in [5.41, 5.74) is 0. The number of carbonyl (C=O) groups is 2. The molecule has 2 atom stereocenters. The fourth-order valence-corrected chi connectivity index (χ4v) is 4.89. The van der Waals surface area contributed by atoms with Crippen LogP contribution in [0.1, 0.15) is 63.2 Å². The third-order valence-electron chi connectivity index (χ3n) is 6.93. The Labute approximate surface area is 155 Å². The summed E-state index contributed by atoms with van der Waals surface area (Å²) in [6.07, 6.45) is 12.1. The molecule has 0 radical (unpaired) electrons. The minimum atomic E-state index is -0.191. The first-order valence-electron chi connectivity index (χ1n) is 10.1. The van der Waals surface area contributed by atoms with Crippen molar-refractivity contribution in [2.45, 2.75) is 63.5 Å². The van der Waals surface area contributed by atoms with Crippen molar-refractivity contribution in [1.82, 2.24) is 19.8 Å². The van der Waals surface area contributed by atoms with Gasteiger partial charge in [0.2, 0.25) is 11.8 Å². The van der Waals surface area contributed by atoms with Crippen LogP contribution in [0, 0.1) is 17.8 Å². The molecule has 1 N–H and O–H groups in total. The van der Waals surface area contributed by atoms with Gasteiger partial charge in [-0.15, -0.1) is 0 Å². The van der Waals surface area contributed by atoms with Crippen LogP contribution in [0.2, 0.25) is 0 Å². The number of carbonyl (C=O) groups excluding carboxylic acids is 2. The molecule has 0 unspecified atom stereocenters. The first kappa shape index (κ1) is 17.6. The van der Waals surface area contributed by atoms with E-state index < -0.39 is 0 Å². The van der Waals surface area contributed by atoms with Crippen molar-refractivity contribution in [3.05, 3.63) is 18.2 Å². The smallest absolute Gasteiger partial charge is 0.223 e. The maximum Gasteiger partial charge on any atom is 0.223 e. The van der Waals surface area contributed by atoms with Gasteiger partial charge in [-0.3, -0.25) is 9.59 Å². The minimum absolute atomic E-state index is 0.0612. The summed E-state index contributed by atoms with van der Waals surface area (Å²) in [6.45, 7) is 0. The molecule has 0 aromatic carbocycles. The van der Waals surface area contributed by atoms with Crippen molar-refractivity contribution in [1.29, 1.82) is 0 Å². The van der Waals surface area contributed by atoms with E-state index in [1.165, 1.54) is 38.5 Å². The van der Waals surface area contributed by atoms with Crippen LogP contribution in [-0.2, 0) is 16.6 Å². The van der Waals surface area contributed by atoms with Gasteiger partial charge in [-0.05, 0) is 43.9 Å². The summed E-state index contributed by atoms with van der Waals surface area (Å²) < 4.78 is 1.95. The second kappa shape index (κ2) is 7.05. The number of aryl methyl sites for hydroxylation is 1. The second-order valence-electron chi connectivity index (χ2n) is 8.41. The first-order chi connectivity index (χ1) is 12.6. The predicted molar refractivity (Wildman–Crippen MR) is 98.1 cm³/mol. The minimum Gasteiger partial charge on any atom is -0.351 e. The number of hydrogen-bond acceptors (Lipinski definition) is 3. The number of nitrogens with one attached hydrogen (secondary N) is 1. The van der Waals surface area contributed by atoms with Crippen LogP contribution in [0.15, 0.2) is 12.4 Å². The zero-order valence-electron chi connectivity index (χ0n) is 15.9. The molecule has 2 saturated carbocycles. The number of amides is 2. The fourth-order valence-electron chi connectivity index (χ4n) is 4.89. The molecule has 6 heteroatoms. The summed E-state index contributed by atoms with van der Waals surface area (Å²) in [5.74, 6) is 2.48. The summed E-state index contributed by atoms with van der Waals surface area (Å²) >= 11 is 0. The SMILES string of the molecule is CN1C(=O)CC[C@@H](NC(=O)C(C2CCC2)C2CCC2)[C@@H]1c1nccn1C. The lowest BCUT2D eigenvalue weighted by atomic mass is 9.64. The molecule has 1 aromatic rings. The van der Waals surface area contributed by atoms with E-state index >= 15 is 0 Å². The average molecular weight is 358 g/mol. The van der Waals surface area contributed by atoms with E-state index in [1.54, 1.807) is 11.1 Å². The highest BCUT2D eigenvalue weighted by Gasteiger charge is 2.43. The van der Waals surface area contributed by atoms with Crippen LogP contribution >= 0.6 is 0 Å². The quantitative estimate of drug-likeness (QED) is 0.879. The molecule has 26 heavy (non-hydrogen) atoms. The van der Waals surface area contributed by atoms with Crippen molar-refractivity contribution in [3.63, 3.8) is 0 Å². The number of rotatable bonds is 5. The van der Waals surface area contributed by atoms with Crippen molar-refractivity contribution in [2.75, 3.05) is 7.05 Å². The number of piperidine rings is 1. The van der Waals surface area contributed by atoms with Gasteiger partial charge in [0.25, 0.3) is 0 Å². The van der Waals surface area contributed by atoms with Crippen LogP contribution in [0.3, 0.4) is 0 Å². The van der Waals surface area contributed by atoms with Crippen LogP contribution in [0.25, 0.3) is 0 Å². The fraction of sp³-hybridized carbons (Fsp3) is 0.750. The summed E-state index contributed by atoms with van der Waals surface area (Å²) in [6, 6.07) is -0.252. The lowest BCUT2D eigenvalue weighted by Crippen LogP contribution is -2.54. The van der Waals surface area contributed by atoms with E-state index in [1.807, 2.05) is 24.9 Å². The Morgan fingerprint density at radius 1 is 1.15 bits per heavy atom. The first-order valence-corrected chi connectivity index (χ1v) is 10.1. The van der Waals surface area contributed by atoms with E-state index in [4.69, 9.17) is 0 Å². The monoisotopic (exact) mass is 358 g/mol. The molecule has 6 nitrogen and oxygen atoms in total. The lowest BCUT2D eigenvalue weighted by Gasteiger charge is -2.44. The molecule has 142 valence electrons. The Morgan fingerprint density at radius 3 is 2.31 bits per heavy atom. The van der Waals surface area contributed by atoms with Crippen molar-refractivity contribution in [2.24, 2.45) is 24.8 Å². The van der Waals surface area contributed by atoms with Gasteiger partial charge in [0, 0.05) is 38.8 Å². The number of nitrogens with zero attached hydrogens (tertiary/aromatic N) is 3. The van der Waals surface area contributed by atoms with E-state index in [-0.39, 0.29) is 29.8 Å². The molecule has 1 aromatic heterocycles. The van der Waals surface area contributed by atoms with Crippen LogP contribution in [0.5, 0.6) is 0 Å². The van der Waals surface area contributed by atoms with Crippen LogP contribution < -0.4 is 5.32 Å². The maximum absolute atomic E-state index is 13.2. The Balaban J connectivity index is 1.53. The van der Waals surface area contributed by atoms with Crippen molar-refractivity contribution < 1.29 is 9.59 Å². The van der Waals surface area contributed by atoms with Crippen molar-refractivity contribution in [3.8, 4) is 0 Å². The molecule has 2 heterocycles. The highest BCUT2D eigenvalue weighted by Crippen LogP contribution is 2.45. The number of likely N-dealkylation sites (tertiary alicyclic amines) is 1. The van der Waals surface area contributed by atoms with Gasteiger partial charge in [0.15, 0.2) is 0 Å². The summed E-state index contributed by atoms with van der Waals surface area (Å²) in [4.78, 5) is 31.7.